The summed E-state index contributed by atoms with van der Waals surface area (Å²) in [6.07, 6.45) is -0.0826. The number of ether oxygens (including phenoxy) is 1. The fourth-order valence-electron chi connectivity index (χ4n) is 0.933. The van der Waals surface area contributed by atoms with Crippen molar-refractivity contribution in [3.63, 3.8) is 0 Å². The number of carbonyl (C=O) groups excluding carboxylic acids is 1. The summed E-state index contributed by atoms with van der Waals surface area (Å²) in [5.74, 6) is -1.53. The van der Waals surface area contributed by atoms with Crippen molar-refractivity contribution >= 4 is 17.6 Å². The van der Waals surface area contributed by atoms with Crippen molar-refractivity contribution in [3.05, 3.63) is 0 Å². The third kappa shape index (κ3) is 3.01. The molecule has 0 aromatic rings. The van der Waals surface area contributed by atoms with Crippen molar-refractivity contribution < 1.29 is 9.53 Å². The number of amidine groups is 2. The molecule has 0 amide bonds. The van der Waals surface area contributed by atoms with E-state index in [1.54, 1.807) is 0 Å². The molecule has 0 aromatic heterocycles. The minimum Gasteiger partial charge on any atom is -0.466 e. The van der Waals surface area contributed by atoms with Gasteiger partial charge in [-0.25, -0.2) is 5.53 Å². The lowest BCUT2D eigenvalue weighted by atomic mass is 9.94. The number of rotatable bonds is 6. The molecule has 0 radical (unpaired) electrons. The first-order valence-electron chi connectivity index (χ1n) is 4.08. The van der Waals surface area contributed by atoms with E-state index in [0.29, 0.717) is 0 Å². The fraction of sp³-hybridized carbons (Fsp3) is 0.571. The lowest BCUT2D eigenvalue weighted by Gasteiger charge is -2.24. The Kier molecular flexibility index (Phi) is 4.36. The number of hydrogen-bond acceptors (Lipinski definition) is 6. The van der Waals surface area contributed by atoms with Crippen LogP contribution in [0.15, 0.2) is 5.11 Å². The molecule has 0 saturated carbocycles. The highest BCUT2D eigenvalue weighted by atomic mass is 16.5. The zero-order valence-corrected chi connectivity index (χ0v) is 8.33. The van der Waals surface area contributed by atoms with Crippen LogP contribution in [0, 0.1) is 16.3 Å². The Balaban J connectivity index is 4.64. The van der Waals surface area contributed by atoms with Gasteiger partial charge in [0.25, 0.3) is 0 Å². The normalized spacial score (nSPS) is 13.7. The van der Waals surface area contributed by atoms with Crippen molar-refractivity contribution in [2.45, 2.75) is 18.9 Å². The molecule has 0 unspecified atom stereocenters. The summed E-state index contributed by atoms with van der Waals surface area (Å²) in [5, 5.41) is 17.5. The van der Waals surface area contributed by atoms with Gasteiger partial charge in [0.1, 0.15) is 11.7 Å². The van der Waals surface area contributed by atoms with E-state index >= 15 is 0 Å². The predicted octanol–water partition coefficient (Wildman–Crippen LogP) is -0.419. The topological polar surface area (TPSA) is 162 Å². The van der Waals surface area contributed by atoms with Crippen LogP contribution in [0.25, 0.3) is 0 Å². The summed E-state index contributed by atoms with van der Waals surface area (Å²) < 4.78 is 4.61. The van der Waals surface area contributed by atoms with Crippen LogP contribution in [0.3, 0.4) is 0 Å². The van der Waals surface area contributed by atoms with Gasteiger partial charge in [-0.15, -0.1) is 0 Å². The number of hydrogen-bond donors (Lipinski definition) is 5. The lowest BCUT2D eigenvalue weighted by molar-refractivity contribution is -0.141. The lowest BCUT2D eigenvalue weighted by Crippen LogP contribution is -2.52. The third-order valence-corrected chi connectivity index (χ3v) is 1.85. The van der Waals surface area contributed by atoms with Crippen molar-refractivity contribution in [2.75, 3.05) is 6.61 Å². The van der Waals surface area contributed by atoms with Gasteiger partial charge in [-0.3, -0.25) is 15.6 Å². The molecule has 84 valence electrons. The molecule has 0 heterocycles. The Morgan fingerprint density at radius 1 is 1.40 bits per heavy atom. The molecule has 0 saturated heterocycles. The van der Waals surface area contributed by atoms with E-state index in [1.807, 2.05) is 0 Å². The molecule has 0 aliphatic rings. The van der Waals surface area contributed by atoms with Gasteiger partial charge < -0.3 is 16.2 Å². The number of carbonyl (C=O) groups is 1. The molecule has 0 aromatic carbocycles. The van der Waals surface area contributed by atoms with E-state index in [2.05, 4.69) is 9.85 Å². The highest BCUT2D eigenvalue weighted by Crippen LogP contribution is 2.15. The van der Waals surface area contributed by atoms with Crippen molar-refractivity contribution in [2.24, 2.45) is 16.6 Å². The van der Waals surface area contributed by atoms with Gasteiger partial charge in [-0.05, 0) is 0 Å². The Labute approximate surface area is 86.5 Å². The molecule has 8 nitrogen and oxygen atoms in total. The number of esters is 1. The second-order valence-corrected chi connectivity index (χ2v) is 2.89. The Morgan fingerprint density at radius 2 is 1.87 bits per heavy atom. The smallest absolute Gasteiger partial charge is 0.302 e. The Bertz CT molecular complexity index is 286. The van der Waals surface area contributed by atoms with Crippen LogP contribution in [0.2, 0.25) is 0 Å². The predicted molar refractivity (Wildman–Crippen MR) is 53.0 cm³/mol. The zero-order valence-electron chi connectivity index (χ0n) is 8.33. The first kappa shape index (κ1) is 13.0. The van der Waals surface area contributed by atoms with E-state index in [4.69, 9.17) is 27.8 Å². The molecule has 0 rings (SSSR count). The van der Waals surface area contributed by atoms with Gasteiger partial charge in [-0.1, -0.05) is 0 Å². The van der Waals surface area contributed by atoms with Crippen LogP contribution in [0.4, 0.5) is 0 Å². The van der Waals surface area contributed by atoms with Crippen LogP contribution in [-0.4, -0.2) is 29.8 Å². The first-order valence-corrected chi connectivity index (χ1v) is 4.08. The molecule has 0 aliphatic carbocycles. The maximum absolute atomic E-state index is 10.5. The minimum absolute atomic E-state index is 0.0826. The van der Waals surface area contributed by atoms with Crippen molar-refractivity contribution in [1.29, 1.82) is 16.3 Å². The molecular formula is C7H14N6O2. The number of nitrogens with two attached hydrogens (primary N) is 2. The van der Waals surface area contributed by atoms with Crippen LogP contribution >= 0.6 is 0 Å². The largest absolute Gasteiger partial charge is 0.466 e. The van der Waals surface area contributed by atoms with Crippen LogP contribution in [0.1, 0.15) is 13.3 Å². The minimum atomic E-state index is -1.69. The van der Waals surface area contributed by atoms with Crippen LogP contribution in [-0.2, 0) is 9.53 Å². The van der Waals surface area contributed by atoms with E-state index in [-0.39, 0.29) is 13.0 Å². The van der Waals surface area contributed by atoms with Crippen molar-refractivity contribution in [3.8, 4) is 0 Å². The summed E-state index contributed by atoms with van der Waals surface area (Å²) in [7, 11) is 0. The molecule has 0 spiro atoms. The quantitative estimate of drug-likeness (QED) is 0.176. The standard InChI is InChI=1S/C7H14N6O2/c1-4(14)15-3-2-7(13-12,5(8)9)6(10)11/h12H,2-3H2,1H3,(H3,8,9)(H3,10,11). The Morgan fingerprint density at radius 3 is 2.13 bits per heavy atom. The average Bonchev–Trinajstić information content (AvgIpc) is 2.10. The molecule has 0 atom stereocenters. The van der Waals surface area contributed by atoms with E-state index in [9.17, 15) is 4.79 Å². The molecular weight excluding hydrogens is 200 g/mol. The van der Waals surface area contributed by atoms with Crippen molar-refractivity contribution in [1.82, 2.24) is 0 Å². The van der Waals surface area contributed by atoms with E-state index in [0.717, 1.165) is 0 Å². The molecule has 7 N–H and O–H groups in total. The van der Waals surface area contributed by atoms with Gasteiger partial charge in [-0.2, -0.15) is 5.11 Å². The molecule has 0 aliphatic heterocycles. The second-order valence-electron chi connectivity index (χ2n) is 2.89. The number of nitrogens with one attached hydrogen (secondary N) is 3. The molecule has 0 fully saturated rings. The summed E-state index contributed by atoms with van der Waals surface area (Å²) in [6, 6.07) is 0. The van der Waals surface area contributed by atoms with Crippen LogP contribution in [0.5, 0.6) is 0 Å². The van der Waals surface area contributed by atoms with Gasteiger partial charge in [0.05, 0.1) is 6.61 Å². The molecule has 0 bridgehead atoms. The van der Waals surface area contributed by atoms with Gasteiger partial charge in [0.2, 0.25) is 0 Å². The SMILES string of the molecule is CC(=O)OCCC(N=N)(C(=N)N)C(=N)N. The zero-order chi connectivity index (χ0) is 12.1. The summed E-state index contributed by atoms with van der Waals surface area (Å²) in [5.41, 5.74) is 15.6. The summed E-state index contributed by atoms with van der Waals surface area (Å²) >= 11 is 0. The summed E-state index contributed by atoms with van der Waals surface area (Å²) in [4.78, 5) is 10.5. The number of nitrogens with zero attached hydrogens (tertiary/aromatic N) is 1. The monoisotopic (exact) mass is 214 g/mol. The van der Waals surface area contributed by atoms with E-state index < -0.39 is 23.2 Å². The fourth-order valence-corrected chi connectivity index (χ4v) is 0.933. The van der Waals surface area contributed by atoms with Gasteiger partial charge in [0.15, 0.2) is 5.54 Å². The molecule has 15 heavy (non-hydrogen) atoms. The first-order chi connectivity index (χ1) is 6.86. The van der Waals surface area contributed by atoms with Crippen LogP contribution < -0.4 is 11.5 Å². The second kappa shape index (κ2) is 5.03. The maximum atomic E-state index is 10.5. The maximum Gasteiger partial charge on any atom is 0.302 e. The highest BCUT2D eigenvalue weighted by Gasteiger charge is 2.37. The van der Waals surface area contributed by atoms with Gasteiger partial charge in [0, 0.05) is 13.3 Å². The summed E-state index contributed by atoms with van der Waals surface area (Å²) in [6.45, 7) is 1.12. The van der Waals surface area contributed by atoms with Gasteiger partial charge >= 0.3 is 5.97 Å². The highest BCUT2D eigenvalue weighted by molar-refractivity contribution is 6.10. The Hall–Kier alpha value is -1.99. The third-order valence-electron chi connectivity index (χ3n) is 1.85. The average molecular weight is 214 g/mol. The molecule has 8 heteroatoms. The van der Waals surface area contributed by atoms with E-state index in [1.165, 1.54) is 6.92 Å².